The van der Waals surface area contributed by atoms with Crippen molar-refractivity contribution in [3.8, 4) is 0 Å². The third-order valence-electron chi connectivity index (χ3n) is 2.59. The molecule has 88 valence electrons. The molecule has 1 aliphatic rings. The Balaban J connectivity index is 1.71. The number of hydrogen-bond acceptors (Lipinski definition) is 2. The van der Waals surface area contributed by atoms with Crippen LogP contribution in [0.3, 0.4) is 0 Å². The number of rotatable bonds is 6. The van der Waals surface area contributed by atoms with E-state index in [1.807, 2.05) is 12.1 Å². The van der Waals surface area contributed by atoms with Crippen molar-refractivity contribution < 1.29 is 4.21 Å². The predicted molar refractivity (Wildman–Crippen MR) is 68.4 cm³/mol. The molecule has 1 aliphatic carbocycles. The molecule has 16 heavy (non-hydrogen) atoms. The van der Waals surface area contributed by atoms with E-state index >= 15 is 0 Å². The van der Waals surface area contributed by atoms with Gasteiger partial charge in [-0.15, -0.1) is 0 Å². The van der Waals surface area contributed by atoms with Crippen LogP contribution in [0.5, 0.6) is 0 Å². The first-order chi connectivity index (χ1) is 7.75. The zero-order valence-corrected chi connectivity index (χ0v) is 10.7. The molecule has 1 N–H and O–H groups in total. The molecule has 1 fully saturated rings. The molecule has 1 aromatic carbocycles. The van der Waals surface area contributed by atoms with Crippen molar-refractivity contribution in [1.82, 2.24) is 5.32 Å². The van der Waals surface area contributed by atoms with E-state index in [-0.39, 0.29) is 0 Å². The van der Waals surface area contributed by atoms with Crippen molar-refractivity contribution in [3.63, 3.8) is 0 Å². The summed E-state index contributed by atoms with van der Waals surface area (Å²) in [5.41, 5.74) is 0. The first kappa shape index (κ1) is 12.1. The Morgan fingerprint density at radius 1 is 1.31 bits per heavy atom. The lowest BCUT2D eigenvalue weighted by Crippen LogP contribution is -2.19. The van der Waals surface area contributed by atoms with Crippen LogP contribution in [0.25, 0.3) is 0 Å². The molecule has 1 aromatic rings. The van der Waals surface area contributed by atoms with E-state index in [9.17, 15) is 4.21 Å². The van der Waals surface area contributed by atoms with Crippen molar-refractivity contribution >= 4 is 22.4 Å². The SMILES string of the molecule is O=S(CCCNC1CC1)c1ccc(Cl)cc1. The molecular weight excluding hydrogens is 242 g/mol. The summed E-state index contributed by atoms with van der Waals surface area (Å²) in [5.74, 6) is 0.724. The minimum atomic E-state index is -0.885. The summed E-state index contributed by atoms with van der Waals surface area (Å²) in [4.78, 5) is 0.871. The van der Waals surface area contributed by atoms with Crippen molar-refractivity contribution in [2.75, 3.05) is 12.3 Å². The highest BCUT2D eigenvalue weighted by atomic mass is 35.5. The lowest BCUT2D eigenvalue weighted by Gasteiger charge is -2.03. The molecule has 0 radical (unpaired) electrons. The average Bonchev–Trinajstić information content (AvgIpc) is 3.09. The van der Waals surface area contributed by atoms with Crippen LogP contribution < -0.4 is 5.32 Å². The first-order valence-electron chi connectivity index (χ1n) is 5.63. The van der Waals surface area contributed by atoms with Gasteiger partial charge in [0.25, 0.3) is 0 Å². The van der Waals surface area contributed by atoms with Crippen LogP contribution in [0, 0.1) is 0 Å². The maximum Gasteiger partial charge on any atom is 0.0529 e. The van der Waals surface area contributed by atoms with Gasteiger partial charge in [-0.2, -0.15) is 0 Å². The Hall–Kier alpha value is -0.380. The van der Waals surface area contributed by atoms with Crippen molar-refractivity contribution in [2.45, 2.75) is 30.2 Å². The Labute approximate surface area is 104 Å². The van der Waals surface area contributed by atoms with Gasteiger partial charge in [-0.3, -0.25) is 4.21 Å². The van der Waals surface area contributed by atoms with Gasteiger partial charge in [0.2, 0.25) is 0 Å². The van der Waals surface area contributed by atoms with E-state index in [1.165, 1.54) is 12.8 Å². The Bertz CT molecular complexity index is 362. The largest absolute Gasteiger partial charge is 0.314 e. The minimum Gasteiger partial charge on any atom is -0.314 e. The average molecular weight is 258 g/mol. The van der Waals surface area contributed by atoms with Gasteiger partial charge in [0, 0.05) is 21.7 Å². The van der Waals surface area contributed by atoms with E-state index in [0.717, 1.165) is 29.7 Å². The third-order valence-corrected chi connectivity index (χ3v) is 4.30. The molecule has 0 amide bonds. The molecule has 1 saturated carbocycles. The van der Waals surface area contributed by atoms with Gasteiger partial charge in [0.1, 0.15) is 0 Å². The lowest BCUT2D eigenvalue weighted by molar-refractivity contribution is 0.657. The Morgan fingerprint density at radius 2 is 2.00 bits per heavy atom. The number of benzene rings is 1. The first-order valence-corrected chi connectivity index (χ1v) is 7.33. The van der Waals surface area contributed by atoms with Gasteiger partial charge in [0.15, 0.2) is 0 Å². The second-order valence-corrected chi connectivity index (χ2v) is 6.09. The smallest absolute Gasteiger partial charge is 0.0529 e. The summed E-state index contributed by atoms with van der Waals surface area (Å²) in [6.07, 6.45) is 3.58. The van der Waals surface area contributed by atoms with Crippen molar-refractivity contribution in [2.24, 2.45) is 0 Å². The highest BCUT2D eigenvalue weighted by Crippen LogP contribution is 2.18. The molecule has 0 heterocycles. The summed E-state index contributed by atoms with van der Waals surface area (Å²) in [6.45, 7) is 0.976. The van der Waals surface area contributed by atoms with Crippen LogP contribution >= 0.6 is 11.6 Å². The summed E-state index contributed by atoms with van der Waals surface area (Å²) < 4.78 is 11.9. The molecule has 0 spiro atoms. The van der Waals surface area contributed by atoms with Crippen molar-refractivity contribution in [3.05, 3.63) is 29.3 Å². The van der Waals surface area contributed by atoms with E-state index in [1.54, 1.807) is 12.1 Å². The fourth-order valence-corrected chi connectivity index (χ4v) is 2.71. The fourth-order valence-electron chi connectivity index (χ4n) is 1.50. The molecule has 0 aromatic heterocycles. The maximum absolute atomic E-state index is 11.9. The number of nitrogens with one attached hydrogen (secondary N) is 1. The molecule has 0 saturated heterocycles. The van der Waals surface area contributed by atoms with Crippen LogP contribution in [0.15, 0.2) is 29.2 Å². The van der Waals surface area contributed by atoms with Crippen LogP contribution in [-0.4, -0.2) is 22.5 Å². The normalized spacial score (nSPS) is 17.3. The lowest BCUT2D eigenvalue weighted by atomic mass is 10.4. The number of halogens is 1. The van der Waals surface area contributed by atoms with Gasteiger partial charge in [-0.1, -0.05) is 11.6 Å². The molecule has 2 nitrogen and oxygen atoms in total. The third kappa shape index (κ3) is 3.89. The molecule has 0 bridgehead atoms. The van der Waals surface area contributed by atoms with Gasteiger partial charge in [-0.25, -0.2) is 0 Å². The molecule has 1 unspecified atom stereocenters. The topological polar surface area (TPSA) is 29.1 Å². The minimum absolute atomic E-state index is 0.691. The van der Waals surface area contributed by atoms with Crippen LogP contribution in [-0.2, 0) is 10.8 Å². The van der Waals surface area contributed by atoms with E-state index in [4.69, 9.17) is 11.6 Å². The predicted octanol–water partition coefficient (Wildman–Crippen LogP) is 2.59. The monoisotopic (exact) mass is 257 g/mol. The van der Waals surface area contributed by atoms with E-state index in [2.05, 4.69) is 5.32 Å². The quantitative estimate of drug-likeness (QED) is 0.794. The summed E-state index contributed by atoms with van der Waals surface area (Å²) in [5, 5.41) is 4.11. The van der Waals surface area contributed by atoms with Crippen LogP contribution in [0.4, 0.5) is 0 Å². The molecule has 0 aliphatic heterocycles. The van der Waals surface area contributed by atoms with Gasteiger partial charge < -0.3 is 5.32 Å². The van der Waals surface area contributed by atoms with E-state index < -0.39 is 10.8 Å². The zero-order chi connectivity index (χ0) is 11.4. The Kier molecular flexibility index (Phi) is 4.38. The second kappa shape index (κ2) is 5.80. The van der Waals surface area contributed by atoms with E-state index in [0.29, 0.717) is 5.02 Å². The number of hydrogen-bond donors (Lipinski definition) is 1. The highest BCUT2D eigenvalue weighted by Gasteiger charge is 2.19. The van der Waals surface area contributed by atoms with Crippen molar-refractivity contribution in [1.29, 1.82) is 0 Å². The molecular formula is C12H16ClNOS. The van der Waals surface area contributed by atoms with Crippen LogP contribution in [0.1, 0.15) is 19.3 Å². The van der Waals surface area contributed by atoms with Gasteiger partial charge >= 0.3 is 0 Å². The summed E-state index contributed by atoms with van der Waals surface area (Å²) in [7, 11) is -0.885. The molecule has 2 rings (SSSR count). The highest BCUT2D eigenvalue weighted by molar-refractivity contribution is 7.85. The summed E-state index contributed by atoms with van der Waals surface area (Å²) in [6, 6.07) is 8.00. The Morgan fingerprint density at radius 3 is 2.62 bits per heavy atom. The molecule has 4 heteroatoms. The zero-order valence-electron chi connectivity index (χ0n) is 9.12. The summed E-state index contributed by atoms with van der Waals surface area (Å²) >= 11 is 5.78. The molecule has 1 atom stereocenters. The second-order valence-electron chi connectivity index (χ2n) is 4.09. The standard InChI is InChI=1S/C12H16ClNOS/c13-10-2-6-12(7-3-10)16(15)9-1-8-14-11-4-5-11/h2-3,6-7,11,14H,1,4-5,8-9H2. The maximum atomic E-state index is 11.9. The van der Waals surface area contributed by atoms with Crippen LogP contribution in [0.2, 0.25) is 5.02 Å². The van der Waals surface area contributed by atoms with Gasteiger partial charge in [0.05, 0.1) is 10.8 Å². The van der Waals surface area contributed by atoms with Gasteiger partial charge in [-0.05, 0) is 50.1 Å². The fraction of sp³-hybridized carbons (Fsp3) is 0.500.